The molecule has 1 atom stereocenters. The molecule has 3 N–H and O–H groups in total. The summed E-state index contributed by atoms with van der Waals surface area (Å²) in [5.74, 6) is -0.414. The van der Waals surface area contributed by atoms with E-state index in [9.17, 15) is 13.2 Å². The third-order valence-electron chi connectivity index (χ3n) is 3.15. The van der Waals surface area contributed by atoms with Crippen LogP contribution in [-0.2, 0) is 19.6 Å². The molecule has 0 spiro atoms. The Balaban J connectivity index is 2.32. The third kappa shape index (κ3) is 6.13. The highest BCUT2D eigenvalue weighted by Gasteiger charge is 2.15. The number of rotatable bonds is 9. The van der Waals surface area contributed by atoms with Gasteiger partial charge in [0.15, 0.2) is 0 Å². The molecule has 0 radical (unpaired) electrons. The Labute approximate surface area is 132 Å². The first kappa shape index (κ1) is 18.6. The number of nitrogens with two attached hydrogens (primary N) is 1. The molecule has 6 nitrogen and oxygen atoms in total. The van der Waals surface area contributed by atoms with E-state index in [1.54, 1.807) is 31.2 Å². The average molecular weight is 328 g/mol. The maximum Gasteiger partial charge on any atom is 0.322 e. The molecule has 0 aromatic heterocycles. The van der Waals surface area contributed by atoms with Gasteiger partial charge < -0.3 is 10.5 Å². The normalized spacial score (nSPS) is 12.9. The third-order valence-corrected chi connectivity index (χ3v) is 4.63. The van der Waals surface area contributed by atoms with Gasteiger partial charge in [0.2, 0.25) is 10.0 Å². The van der Waals surface area contributed by atoms with Crippen LogP contribution in [0.2, 0.25) is 0 Å². The predicted octanol–water partition coefficient (Wildman–Crippen LogP) is 1.33. The fourth-order valence-corrected chi connectivity index (χ4v) is 2.94. The molecule has 7 heteroatoms. The first-order chi connectivity index (χ1) is 10.4. The van der Waals surface area contributed by atoms with E-state index in [1.165, 1.54) is 0 Å². The van der Waals surface area contributed by atoms with E-state index in [1.807, 2.05) is 6.92 Å². The monoisotopic (exact) mass is 328 g/mol. The van der Waals surface area contributed by atoms with Gasteiger partial charge in [-0.2, -0.15) is 0 Å². The molecule has 0 bridgehead atoms. The van der Waals surface area contributed by atoms with E-state index >= 15 is 0 Å². The van der Waals surface area contributed by atoms with Gasteiger partial charge in [-0.15, -0.1) is 0 Å². The lowest BCUT2D eigenvalue weighted by atomic mass is 10.1. The van der Waals surface area contributed by atoms with Crippen LogP contribution in [0.3, 0.4) is 0 Å². The molecule has 0 heterocycles. The molecule has 1 rings (SSSR count). The molecular weight excluding hydrogens is 304 g/mol. The minimum Gasteiger partial charge on any atom is -0.465 e. The molecule has 22 heavy (non-hydrogen) atoms. The Morgan fingerprint density at radius 2 is 1.91 bits per heavy atom. The number of carbonyl (C=O) groups is 1. The molecule has 0 aliphatic carbocycles. The Hall–Kier alpha value is -1.44. The van der Waals surface area contributed by atoms with Crippen molar-refractivity contribution in [1.29, 1.82) is 0 Å². The van der Waals surface area contributed by atoms with Gasteiger partial charge in [0.05, 0.1) is 11.5 Å². The van der Waals surface area contributed by atoms with Crippen molar-refractivity contribution < 1.29 is 17.9 Å². The molecule has 0 unspecified atom stereocenters. The van der Waals surface area contributed by atoms with Crippen LogP contribution in [0.25, 0.3) is 0 Å². The quantitative estimate of drug-likeness (QED) is 0.526. The van der Waals surface area contributed by atoms with Crippen molar-refractivity contribution in [3.05, 3.63) is 29.8 Å². The van der Waals surface area contributed by atoms with Crippen molar-refractivity contribution in [2.45, 2.75) is 44.0 Å². The van der Waals surface area contributed by atoms with E-state index < -0.39 is 22.0 Å². The van der Waals surface area contributed by atoms with Crippen molar-refractivity contribution in [2.24, 2.45) is 5.73 Å². The van der Waals surface area contributed by atoms with Crippen LogP contribution < -0.4 is 10.5 Å². The molecule has 0 aliphatic rings. The Bertz CT molecular complexity index is 570. The zero-order valence-electron chi connectivity index (χ0n) is 13.0. The van der Waals surface area contributed by atoms with E-state index in [2.05, 4.69) is 4.72 Å². The maximum absolute atomic E-state index is 12.0. The van der Waals surface area contributed by atoms with Gasteiger partial charge in [0.25, 0.3) is 0 Å². The van der Waals surface area contributed by atoms with E-state index in [0.717, 1.165) is 5.56 Å². The van der Waals surface area contributed by atoms with Crippen molar-refractivity contribution in [1.82, 2.24) is 4.72 Å². The van der Waals surface area contributed by atoms with E-state index in [0.29, 0.717) is 32.4 Å². The minimum absolute atomic E-state index is 0.251. The van der Waals surface area contributed by atoms with Gasteiger partial charge in [0, 0.05) is 6.54 Å². The van der Waals surface area contributed by atoms with Gasteiger partial charge in [-0.1, -0.05) is 24.1 Å². The maximum atomic E-state index is 12.0. The standard InChI is InChI=1S/C15H24N2O4S/c1-3-21-15(18)14(16)6-4-5-11-17-22(19,20)13-9-7-12(2)8-10-13/h7-10,14,17H,3-6,11,16H2,1-2H3/t14-/m1/s1. The molecule has 124 valence electrons. The van der Waals surface area contributed by atoms with Gasteiger partial charge in [-0.3, -0.25) is 4.79 Å². The fourth-order valence-electron chi connectivity index (χ4n) is 1.86. The molecule has 0 saturated heterocycles. The van der Waals surface area contributed by atoms with Crippen molar-refractivity contribution in [3.63, 3.8) is 0 Å². The molecular formula is C15H24N2O4S. The van der Waals surface area contributed by atoms with Crippen LogP contribution in [-0.4, -0.2) is 33.6 Å². The van der Waals surface area contributed by atoms with Crippen molar-refractivity contribution in [3.8, 4) is 0 Å². The Morgan fingerprint density at radius 1 is 1.27 bits per heavy atom. The van der Waals surface area contributed by atoms with Crippen LogP contribution in [0.5, 0.6) is 0 Å². The number of hydrogen-bond donors (Lipinski definition) is 2. The Kier molecular flexibility index (Phi) is 7.50. The molecule has 0 amide bonds. The number of ether oxygens (including phenoxy) is 1. The highest BCUT2D eigenvalue weighted by atomic mass is 32.2. The second kappa shape index (κ2) is 8.87. The number of esters is 1. The number of carbonyl (C=O) groups excluding carboxylic acids is 1. The number of nitrogens with one attached hydrogen (secondary N) is 1. The summed E-state index contributed by atoms with van der Waals surface area (Å²) in [6.45, 7) is 4.25. The highest BCUT2D eigenvalue weighted by Crippen LogP contribution is 2.10. The van der Waals surface area contributed by atoms with Gasteiger partial charge >= 0.3 is 5.97 Å². The lowest BCUT2D eigenvalue weighted by Crippen LogP contribution is -2.32. The van der Waals surface area contributed by atoms with Crippen molar-refractivity contribution >= 4 is 16.0 Å². The number of unbranched alkanes of at least 4 members (excludes halogenated alkanes) is 1. The first-order valence-corrected chi connectivity index (χ1v) is 8.83. The lowest BCUT2D eigenvalue weighted by molar-refractivity contribution is -0.144. The van der Waals surface area contributed by atoms with Crippen LogP contribution in [0.1, 0.15) is 31.7 Å². The first-order valence-electron chi connectivity index (χ1n) is 7.35. The molecule has 0 aliphatic heterocycles. The number of sulfonamides is 1. The summed E-state index contributed by atoms with van der Waals surface area (Å²) in [4.78, 5) is 11.6. The van der Waals surface area contributed by atoms with E-state index in [4.69, 9.17) is 10.5 Å². The largest absolute Gasteiger partial charge is 0.465 e. The van der Waals surface area contributed by atoms with Crippen LogP contribution in [0.4, 0.5) is 0 Å². The SMILES string of the molecule is CCOC(=O)[C@H](N)CCCCNS(=O)(=O)c1ccc(C)cc1. The summed E-state index contributed by atoms with van der Waals surface area (Å²) in [6.07, 6.45) is 1.74. The van der Waals surface area contributed by atoms with Crippen LogP contribution in [0, 0.1) is 6.92 Å². The van der Waals surface area contributed by atoms with Crippen LogP contribution >= 0.6 is 0 Å². The predicted molar refractivity (Wildman–Crippen MR) is 84.8 cm³/mol. The van der Waals surface area contributed by atoms with Gasteiger partial charge in [0.1, 0.15) is 6.04 Å². The summed E-state index contributed by atoms with van der Waals surface area (Å²) in [5.41, 5.74) is 6.67. The lowest BCUT2D eigenvalue weighted by Gasteiger charge is -2.10. The Morgan fingerprint density at radius 3 is 2.50 bits per heavy atom. The summed E-state index contributed by atoms with van der Waals surface area (Å²) >= 11 is 0. The van der Waals surface area contributed by atoms with Gasteiger partial charge in [-0.25, -0.2) is 13.1 Å². The highest BCUT2D eigenvalue weighted by molar-refractivity contribution is 7.89. The summed E-state index contributed by atoms with van der Waals surface area (Å²) < 4.78 is 31.4. The zero-order chi connectivity index (χ0) is 16.6. The number of hydrogen-bond acceptors (Lipinski definition) is 5. The molecule has 1 aromatic rings. The topological polar surface area (TPSA) is 98.5 Å². The molecule has 0 saturated carbocycles. The second-order valence-corrected chi connectivity index (χ2v) is 6.83. The average Bonchev–Trinajstić information content (AvgIpc) is 2.47. The molecule has 1 aromatic carbocycles. The summed E-state index contributed by atoms with van der Waals surface area (Å²) in [7, 11) is -3.48. The van der Waals surface area contributed by atoms with Crippen LogP contribution in [0.15, 0.2) is 29.2 Å². The number of aryl methyl sites for hydroxylation is 1. The van der Waals surface area contributed by atoms with Gasteiger partial charge in [-0.05, 0) is 38.8 Å². The summed E-state index contributed by atoms with van der Waals surface area (Å²) in [5, 5.41) is 0. The van der Waals surface area contributed by atoms with E-state index in [-0.39, 0.29) is 4.90 Å². The zero-order valence-corrected chi connectivity index (χ0v) is 13.9. The number of benzene rings is 1. The van der Waals surface area contributed by atoms with Crippen molar-refractivity contribution in [2.75, 3.05) is 13.2 Å². The smallest absolute Gasteiger partial charge is 0.322 e. The summed E-state index contributed by atoms with van der Waals surface area (Å²) in [6, 6.07) is 6.02. The molecule has 0 fully saturated rings. The fraction of sp³-hybridized carbons (Fsp3) is 0.533. The minimum atomic E-state index is -3.48. The second-order valence-electron chi connectivity index (χ2n) is 5.07.